The van der Waals surface area contributed by atoms with Gasteiger partial charge in [-0.15, -0.1) is 0 Å². The molecule has 4 aromatic heterocycles. The summed E-state index contributed by atoms with van der Waals surface area (Å²) in [4.78, 5) is 10.5. The van der Waals surface area contributed by atoms with Gasteiger partial charge in [0.25, 0.3) is 0 Å². The van der Waals surface area contributed by atoms with Crippen LogP contribution in [-0.2, 0) is 0 Å². The van der Waals surface area contributed by atoms with Gasteiger partial charge in [0, 0.05) is 38.2 Å². The Morgan fingerprint density at radius 2 is 0.842 bits per heavy atom. The second kappa shape index (κ2) is 12.4. The molecule has 266 valence electrons. The van der Waals surface area contributed by atoms with Crippen molar-refractivity contribution in [2.45, 2.75) is 0 Å². The Kier molecular flexibility index (Phi) is 6.86. The summed E-state index contributed by atoms with van der Waals surface area (Å²) in [5.74, 6) is 0.609. The number of hydrogen-bond acceptors (Lipinski definition) is 3. The predicted molar refractivity (Wildman–Crippen MR) is 234 cm³/mol. The summed E-state index contributed by atoms with van der Waals surface area (Å²) in [6.07, 6.45) is 0. The molecule has 0 amide bonds. The molecule has 0 aliphatic rings. The summed E-state index contributed by atoms with van der Waals surface area (Å²) in [6.45, 7) is 0. The molecule has 57 heavy (non-hydrogen) atoms. The summed E-state index contributed by atoms with van der Waals surface area (Å²) in [6, 6.07) is 68.6. The average molecular weight is 729 g/mol. The van der Waals surface area contributed by atoms with Crippen LogP contribution in [0.3, 0.4) is 0 Å². The first kappa shape index (κ1) is 31.6. The van der Waals surface area contributed by atoms with Gasteiger partial charge in [0.05, 0.1) is 22.1 Å². The van der Waals surface area contributed by atoms with Crippen molar-refractivity contribution in [3.63, 3.8) is 0 Å². The Bertz CT molecular complexity index is 3500. The van der Waals surface area contributed by atoms with Crippen molar-refractivity contribution >= 4 is 65.7 Å². The molecule has 0 saturated heterocycles. The third-order valence-corrected chi connectivity index (χ3v) is 11.4. The maximum Gasteiger partial charge on any atom is 0.236 e. The molecule has 4 heterocycles. The fourth-order valence-electron chi connectivity index (χ4n) is 8.70. The zero-order valence-electron chi connectivity index (χ0n) is 30.7. The molecule has 0 N–H and O–H groups in total. The molecule has 0 atom stereocenters. The molecule has 5 heteroatoms. The van der Waals surface area contributed by atoms with Gasteiger partial charge in [-0.3, -0.25) is 4.57 Å². The molecule has 0 spiro atoms. The highest BCUT2D eigenvalue weighted by Gasteiger charge is 2.21. The molecule has 0 aliphatic carbocycles. The molecular formula is C52H32N4O. The van der Waals surface area contributed by atoms with Gasteiger partial charge in [0.1, 0.15) is 16.8 Å². The number of hydrogen-bond donors (Lipinski definition) is 0. The number of nitrogens with zero attached hydrogens (tertiary/aromatic N) is 4. The maximum absolute atomic E-state index is 6.42. The van der Waals surface area contributed by atoms with Crippen molar-refractivity contribution in [3.05, 3.63) is 194 Å². The largest absolute Gasteiger partial charge is 0.452 e. The molecule has 5 nitrogen and oxygen atoms in total. The summed E-state index contributed by atoms with van der Waals surface area (Å²) in [5.41, 5.74) is 14.4. The van der Waals surface area contributed by atoms with Crippen LogP contribution in [0.5, 0.6) is 0 Å². The van der Waals surface area contributed by atoms with E-state index in [4.69, 9.17) is 14.4 Å². The van der Waals surface area contributed by atoms with E-state index in [1.54, 1.807) is 0 Å². The number of rotatable bonds is 5. The van der Waals surface area contributed by atoms with Crippen LogP contribution in [-0.4, -0.2) is 19.1 Å². The molecule has 0 aliphatic heterocycles. The lowest BCUT2D eigenvalue weighted by Crippen LogP contribution is -2.02. The fraction of sp³-hybridized carbons (Fsp3) is 0. The zero-order chi connectivity index (χ0) is 37.5. The highest BCUT2D eigenvalue weighted by atomic mass is 16.3. The van der Waals surface area contributed by atoms with Crippen LogP contribution >= 0.6 is 0 Å². The SMILES string of the molecule is c1ccc(-c2ccc(-n3c4ccccc4c4cc(-c5ccc6c(c5)c5ccccc5n6-c5nc(-c6ccccc6)c6oc7ccccc7c6n5)ccc43)cc2)cc1. The minimum absolute atomic E-state index is 0.609. The lowest BCUT2D eigenvalue weighted by molar-refractivity contribution is 0.666. The van der Waals surface area contributed by atoms with E-state index in [0.717, 1.165) is 66.4 Å². The lowest BCUT2D eigenvalue weighted by atomic mass is 10.0. The van der Waals surface area contributed by atoms with E-state index in [1.165, 1.54) is 32.9 Å². The third kappa shape index (κ3) is 4.89. The number of furan rings is 1. The predicted octanol–water partition coefficient (Wildman–Crippen LogP) is 13.6. The fourth-order valence-corrected chi connectivity index (χ4v) is 8.70. The molecule has 0 bridgehead atoms. The van der Waals surface area contributed by atoms with Crippen molar-refractivity contribution in [3.8, 4) is 45.1 Å². The molecule has 12 rings (SSSR count). The van der Waals surface area contributed by atoms with Gasteiger partial charge in [-0.1, -0.05) is 133 Å². The van der Waals surface area contributed by atoms with Crippen molar-refractivity contribution in [2.24, 2.45) is 0 Å². The summed E-state index contributed by atoms with van der Waals surface area (Å²) in [7, 11) is 0. The summed E-state index contributed by atoms with van der Waals surface area (Å²) < 4.78 is 11.0. The topological polar surface area (TPSA) is 48.8 Å². The monoisotopic (exact) mass is 728 g/mol. The van der Waals surface area contributed by atoms with E-state index >= 15 is 0 Å². The van der Waals surface area contributed by atoms with Gasteiger partial charge in [-0.05, 0) is 82.9 Å². The highest BCUT2D eigenvalue weighted by Crippen LogP contribution is 2.40. The van der Waals surface area contributed by atoms with E-state index in [2.05, 4.69) is 167 Å². The van der Waals surface area contributed by atoms with Crippen molar-refractivity contribution in [1.82, 2.24) is 19.1 Å². The maximum atomic E-state index is 6.42. The average Bonchev–Trinajstić information content (AvgIpc) is 3.94. The van der Waals surface area contributed by atoms with E-state index in [-0.39, 0.29) is 0 Å². The van der Waals surface area contributed by atoms with Crippen LogP contribution in [0.15, 0.2) is 199 Å². The molecule has 12 aromatic rings. The molecule has 0 fully saturated rings. The van der Waals surface area contributed by atoms with Crippen LogP contribution in [0, 0.1) is 0 Å². The highest BCUT2D eigenvalue weighted by molar-refractivity contribution is 6.13. The molecule has 0 radical (unpaired) electrons. The first-order valence-electron chi connectivity index (χ1n) is 19.2. The molecule has 0 saturated carbocycles. The van der Waals surface area contributed by atoms with Crippen LogP contribution < -0.4 is 0 Å². The molecule has 0 unspecified atom stereocenters. The van der Waals surface area contributed by atoms with Crippen LogP contribution in [0.4, 0.5) is 0 Å². The Morgan fingerprint density at radius 3 is 1.51 bits per heavy atom. The first-order valence-corrected chi connectivity index (χ1v) is 19.2. The number of para-hydroxylation sites is 3. The second-order valence-electron chi connectivity index (χ2n) is 14.6. The van der Waals surface area contributed by atoms with E-state index in [0.29, 0.717) is 11.5 Å². The minimum Gasteiger partial charge on any atom is -0.452 e. The quantitative estimate of drug-likeness (QED) is 0.177. The van der Waals surface area contributed by atoms with Gasteiger partial charge in [0.15, 0.2) is 5.58 Å². The van der Waals surface area contributed by atoms with Crippen LogP contribution in [0.2, 0.25) is 0 Å². The van der Waals surface area contributed by atoms with Crippen LogP contribution in [0.25, 0.3) is 111 Å². The number of aromatic nitrogens is 4. The third-order valence-electron chi connectivity index (χ3n) is 11.4. The Labute approximate surface area is 327 Å². The van der Waals surface area contributed by atoms with Gasteiger partial charge < -0.3 is 8.98 Å². The van der Waals surface area contributed by atoms with Gasteiger partial charge in [0.2, 0.25) is 5.95 Å². The van der Waals surface area contributed by atoms with Gasteiger partial charge in [-0.25, -0.2) is 9.97 Å². The van der Waals surface area contributed by atoms with Crippen LogP contribution in [0.1, 0.15) is 0 Å². The van der Waals surface area contributed by atoms with Crippen molar-refractivity contribution in [1.29, 1.82) is 0 Å². The normalized spacial score (nSPS) is 11.9. The standard InChI is InChI=1S/C52H32N4O/c1-3-13-33(14-4-1)34-23-27-38(28-24-34)55-44-20-10-7-17-39(44)42-31-36(25-29-46(42)55)37-26-30-47-43(32-37)40-18-8-11-21-45(40)56(47)52-53-49(35-15-5-2-6-16-35)51-50(54-52)41-19-9-12-22-48(41)57-51/h1-32H. The summed E-state index contributed by atoms with van der Waals surface area (Å²) >= 11 is 0. The van der Waals surface area contributed by atoms with Crippen molar-refractivity contribution in [2.75, 3.05) is 0 Å². The van der Waals surface area contributed by atoms with Gasteiger partial charge >= 0.3 is 0 Å². The van der Waals surface area contributed by atoms with E-state index < -0.39 is 0 Å². The second-order valence-corrected chi connectivity index (χ2v) is 14.6. The number of fused-ring (bicyclic) bond motifs is 9. The minimum atomic E-state index is 0.609. The molecular weight excluding hydrogens is 697 g/mol. The van der Waals surface area contributed by atoms with Gasteiger partial charge in [-0.2, -0.15) is 0 Å². The zero-order valence-corrected chi connectivity index (χ0v) is 30.7. The number of benzene rings is 8. The Morgan fingerprint density at radius 1 is 0.351 bits per heavy atom. The van der Waals surface area contributed by atoms with Crippen molar-refractivity contribution < 1.29 is 4.42 Å². The Hall–Kier alpha value is -7.76. The van der Waals surface area contributed by atoms with E-state index in [9.17, 15) is 0 Å². The summed E-state index contributed by atoms with van der Waals surface area (Å²) in [5, 5.41) is 5.71. The molecule has 8 aromatic carbocycles. The van der Waals surface area contributed by atoms with E-state index in [1.807, 2.05) is 36.4 Å². The Balaban J connectivity index is 1.02. The lowest BCUT2D eigenvalue weighted by Gasteiger charge is -2.10. The first-order chi connectivity index (χ1) is 28.3. The smallest absolute Gasteiger partial charge is 0.236 e.